The molecule has 4 nitrogen and oxygen atoms in total. The van der Waals surface area contributed by atoms with Gasteiger partial charge in [-0.1, -0.05) is 39.8 Å². The number of piperidine rings is 1. The second-order valence-corrected chi connectivity index (χ2v) is 7.78. The Morgan fingerprint density at radius 1 is 1.17 bits per heavy atom. The largest absolute Gasteiger partial charge is 0.419 e. The third kappa shape index (κ3) is 3.31. The van der Waals surface area contributed by atoms with Crippen molar-refractivity contribution in [3.05, 3.63) is 35.5 Å². The van der Waals surface area contributed by atoms with E-state index in [-0.39, 0.29) is 5.41 Å². The van der Waals surface area contributed by atoms with Gasteiger partial charge < -0.3 is 9.32 Å². The molecule has 0 amide bonds. The Hall–Kier alpha value is -2.28. The molecule has 1 aliphatic heterocycles. The van der Waals surface area contributed by atoms with Crippen molar-refractivity contribution < 1.29 is 4.42 Å². The first-order valence-electron chi connectivity index (χ1n) is 8.65. The summed E-state index contributed by atoms with van der Waals surface area (Å²) in [6, 6.07) is 10.4. The van der Waals surface area contributed by atoms with Crippen LogP contribution in [0.5, 0.6) is 0 Å². The first-order chi connectivity index (χ1) is 11.4. The third-order valence-corrected chi connectivity index (χ3v) is 4.78. The van der Waals surface area contributed by atoms with E-state index in [2.05, 4.69) is 55.8 Å². The van der Waals surface area contributed by atoms with Crippen molar-refractivity contribution in [3.8, 4) is 17.5 Å². The minimum Gasteiger partial charge on any atom is -0.419 e. The number of anilines is 1. The first kappa shape index (κ1) is 16.6. The van der Waals surface area contributed by atoms with E-state index < -0.39 is 0 Å². The molecule has 4 heteroatoms. The van der Waals surface area contributed by atoms with Crippen molar-refractivity contribution >= 4 is 5.88 Å². The van der Waals surface area contributed by atoms with Gasteiger partial charge >= 0.3 is 0 Å². The van der Waals surface area contributed by atoms with Crippen molar-refractivity contribution in [2.75, 3.05) is 18.0 Å². The lowest BCUT2D eigenvalue weighted by molar-refractivity contribution is 0.418. The average molecular weight is 323 g/mol. The van der Waals surface area contributed by atoms with Crippen LogP contribution in [-0.2, 0) is 5.41 Å². The second kappa shape index (κ2) is 6.32. The lowest BCUT2D eigenvalue weighted by atomic mass is 9.87. The predicted molar refractivity (Wildman–Crippen MR) is 96.0 cm³/mol. The van der Waals surface area contributed by atoms with Crippen LogP contribution in [0.2, 0.25) is 0 Å². The number of hydrogen-bond donors (Lipinski definition) is 0. The van der Waals surface area contributed by atoms with E-state index in [0.29, 0.717) is 17.5 Å². The zero-order chi connectivity index (χ0) is 17.3. The summed E-state index contributed by atoms with van der Waals surface area (Å²) >= 11 is 0. The van der Waals surface area contributed by atoms with E-state index in [1.165, 1.54) is 5.56 Å². The molecule has 0 atom stereocenters. The van der Waals surface area contributed by atoms with E-state index in [1.54, 1.807) is 0 Å². The standard InChI is InChI=1S/C20H25N3O/c1-14-9-11-23(12-10-14)19-17(13-21)22-18(24-19)15-5-7-16(8-6-15)20(2,3)4/h5-8,14H,9-12H2,1-4H3. The van der Waals surface area contributed by atoms with Gasteiger partial charge in [0.25, 0.3) is 0 Å². The summed E-state index contributed by atoms with van der Waals surface area (Å²) in [5.41, 5.74) is 2.68. The van der Waals surface area contributed by atoms with Crippen LogP contribution in [0.1, 0.15) is 51.8 Å². The van der Waals surface area contributed by atoms with Crippen LogP contribution < -0.4 is 4.90 Å². The van der Waals surface area contributed by atoms with Gasteiger partial charge in [0.2, 0.25) is 17.5 Å². The molecule has 0 saturated carbocycles. The summed E-state index contributed by atoms with van der Waals surface area (Å²) < 4.78 is 5.98. The lowest BCUT2D eigenvalue weighted by Gasteiger charge is -2.29. The summed E-state index contributed by atoms with van der Waals surface area (Å²) in [4.78, 5) is 6.57. The number of rotatable bonds is 2. The number of benzene rings is 1. The van der Waals surface area contributed by atoms with Crippen molar-refractivity contribution in [1.82, 2.24) is 4.98 Å². The Bertz CT molecular complexity index is 739. The maximum absolute atomic E-state index is 9.41. The minimum absolute atomic E-state index is 0.114. The summed E-state index contributed by atoms with van der Waals surface area (Å²) in [5, 5.41) is 9.41. The normalized spacial score (nSPS) is 16.2. The Morgan fingerprint density at radius 2 is 1.79 bits per heavy atom. The second-order valence-electron chi connectivity index (χ2n) is 7.78. The summed E-state index contributed by atoms with van der Waals surface area (Å²) in [5.74, 6) is 1.89. The fourth-order valence-electron chi connectivity index (χ4n) is 3.05. The van der Waals surface area contributed by atoms with E-state index >= 15 is 0 Å². The third-order valence-electron chi connectivity index (χ3n) is 4.78. The van der Waals surface area contributed by atoms with Crippen molar-refractivity contribution in [2.24, 2.45) is 5.92 Å². The molecule has 2 aromatic rings. The monoisotopic (exact) mass is 323 g/mol. The number of nitrogens with zero attached hydrogens (tertiary/aromatic N) is 3. The summed E-state index contributed by atoms with van der Waals surface area (Å²) in [6.07, 6.45) is 2.25. The van der Waals surface area contributed by atoms with Gasteiger partial charge in [0.05, 0.1) is 0 Å². The van der Waals surface area contributed by atoms with E-state index in [4.69, 9.17) is 4.42 Å². The highest BCUT2D eigenvalue weighted by molar-refractivity contribution is 5.60. The van der Waals surface area contributed by atoms with Crippen LogP contribution in [0.25, 0.3) is 11.5 Å². The van der Waals surface area contributed by atoms with Gasteiger partial charge in [0, 0.05) is 18.7 Å². The Balaban J connectivity index is 1.89. The average Bonchev–Trinajstić information content (AvgIpc) is 2.99. The molecular formula is C20H25N3O. The van der Waals surface area contributed by atoms with Gasteiger partial charge in [-0.25, -0.2) is 0 Å². The van der Waals surface area contributed by atoms with E-state index in [1.807, 2.05) is 12.1 Å². The maximum atomic E-state index is 9.41. The fraction of sp³-hybridized carbons (Fsp3) is 0.500. The highest BCUT2D eigenvalue weighted by Crippen LogP contribution is 2.32. The molecule has 24 heavy (non-hydrogen) atoms. The molecule has 0 aliphatic carbocycles. The van der Waals surface area contributed by atoms with Crippen LogP contribution in [0.15, 0.2) is 28.7 Å². The highest BCUT2D eigenvalue weighted by atomic mass is 16.4. The van der Waals surface area contributed by atoms with Crippen molar-refractivity contribution in [2.45, 2.75) is 46.0 Å². The molecule has 1 aliphatic rings. The number of nitriles is 1. The van der Waals surface area contributed by atoms with E-state index in [0.717, 1.165) is 37.4 Å². The molecule has 1 aromatic carbocycles. The molecule has 0 radical (unpaired) electrons. The Kier molecular flexibility index (Phi) is 4.36. The molecule has 1 saturated heterocycles. The quantitative estimate of drug-likeness (QED) is 0.800. The zero-order valence-corrected chi connectivity index (χ0v) is 15.0. The van der Waals surface area contributed by atoms with Crippen LogP contribution in [0.4, 0.5) is 5.88 Å². The van der Waals surface area contributed by atoms with Crippen molar-refractivity contribution in [3.63, 3.8) is 0 Å². The zero-order valence-electron chi connectivity index (χ0n) is 15.0. The minimum atomic E-state index is 0.114. The molecular weight excluding hydrogens is 298 g/mol. The van der Waals surface area contributed by atoms with Crippen LogP contribution in [0.3, 0.4) is 0 Å². The molecule has 2 heterocycles. The molecule has 1 fully saturated rings. The van der Waals surface area contributed by atoms with Gasteiger partial charge in [-0.3, -0.25) is 0 Å². The number of aromatic nitrogens is 1. The van der Waals surface area contributed by atoms with Crippen LogP contribution in [0, 0.1) is 17.2 Å². The van der Waals surface area contributed by atoms with E-state index in [9.17, 15) is 5.26 Å². The van der Waals surface area contributed by atoms with Gasteiger partial charge in [0.1, 0.15) is 6.07 Å². The van der Waals surface area contributed by atoms with Gasteiger partial charge in [-0.05, 0) is 41.9 Å². The van der Waals surface area contributed by atoms with Gasteiger partial charge in [-0.2, -0.15) is 10.2 Å². The first-order valence-corrected chi connectivity index (χ1v) is 8.65. The molecule has 0 spiro atoms. The molecule has 1 aromatic heterocycles. The van der Waals surface area contributed by atoms with Crippen LogP contribution >= 0.6 is 0 Å². The molecule has 0 N–H and O–H groups in total. The van der Waals surface area contributed by atoms with Gasteiger partial charge in [-0.15, -0.1) is 0 Å². The molecule has 126 valence electrons. The smallest absolute Gasteiger partial charge is 0.235 e. The highest BCUT2D eigenvalue weighted by Gasteiger charge is 2.24. The summed E-state index contributed by atoms with van der Waals surface area (Å²) in [6.45, 7) is 10.7. The Labute approximate surface area is 144 Å². The lowest BCUT2D eigenvalue weighted by Crippen LogP contribution is -2.32. The molecule has 3 rings (SSSR count). The Morgan fingerprint density at radius 3 is 2.33 bits per heavy atom. The topological polar surface area (TPSA) is 53.1 Å². The molecule has 0 bridgehead atoms. The van der Waals surface area contributed by atoms with Crippen molar-refractivity contribution in [1.29, 1.82) is 5.26 Å². The maximum Gasteiger partial charge on any atom is 0.235 e. The number of hydrogen-bond acceptors (Lipinski definition) is 4. The SMILES string of the molecule is CC1CCN(c2oc(-c3ccc(C(C)(C)C)cc3)nc2C#N)CC1. The molecule has 0 unspecified atom stereocenters. The van der Waals surface area contributed by atoms with Crippen LogP contribution in [-0.4, -0.2) is 18.1 Å². The predicted octanol–water partition coefficient (Wildman–Crippen LogP) is 4.75. The fourth-order valence-corrected chi connectivity index (χ4v) is 3.05. The number of oxazole rings is 1. The van der Waals surface area contributed by atoms with Gasteiger partial charge in [0.15, 0.2) is 0 Å². The summed E-state index contributed by atoms with van der Waals surface area (Å²) in [7, 11) is 0.